The number of amides is 1. The number of aromatic nitrogens is 2. The molecule has 2 heterocycles. The quantitative estimate of drug-likeness (QED) is 0.453. The highest BCUT2D eigenvalue weighted by atomic mass is 16.6. The molecule has 0 spiro atoms. The molecule has 0 radical (unpaired) electrons. The van der Waals surface area contributed by atoms with E-state index in [9.17, 15) is 14.9 Å². The van der Waals surface area contributed by atoms with Gasteiger partial charge in [-0.15, -0.1) is 0 Å². The predicted octanol–water partition coefficient (Wildman–Crippen LogP) is 4.29. The van der Waals surface area contributed by atoms with Crippen LogP contribution in [0.2, 0.25) is 0 Å². The van der Waals surface area contributed by atoms with Gasteiger partial charge in [-0.2, -0.15) is 4.98 Å². The van der Waals surface area contributed by atoms with E-state index in [-0.39, 0.29) is 11.3 Å². The van der Waals surface area contributed by atoms with Crippen molar-refractivity contribution < 1.29 is 9.72 Å². The van der Waals surface area contributed by atoms with Crippen molar-refractivity contribution in [3.63, 3.8) is 0 Å². The summed E-state index contributed by atoms with van der Waals surface area (Å²) in [5.41, 5.74) is 2.39. The summed E-state index contributed by atoms with van der Waals surface area (Å²) in [5.74, 6) is 1.04. The van der Waals surface area contributed by atoms with Crippen LogP contribution in [-0.2, 0) is 0 Å². The Hall–Kier alpha value is -4.01. The molecule has 1 amide bonds. The van der Waals surface area contributed by atoms with Gasteiger partial charge in [-0.1, -0.05) is 6.07 Å². The molecule has 2 N–H and O–H groups in total. The Balaban J connectivity index is 1.43. The first-order valence-corrected chi connectivity index (χ1v) is 10.0. The van der Waals surface area contributed by atoms with E-state index in [1.807, 2.05) is 25.1 Å². The maximum absolute atomic E-state index is 12.4. The first-order chi connectivity index (χ1) is 15.0. The van der Waals surface area contributed by atoms with Crippen LogP contribution in [0.1, 0.15) is 28.9 Å². The van der Waals surface area contributed by atoms with Crippen LogP contribution in [0.5, 0.6) is 0 Å². The maximum Gasteiger partial charge on any atom is 0.270 e. The number of carbonyl (C=O) groups excluding carboxylic acids is 1. The second-order valence-electron chi connectivity index (χ2n) is 7.35. The number of nitro groups is 1. The van der Waals surface area contributed by atoms with Gasteiger partial charge in [0.05, 0.1) is 4.92 Å². The summed E-state index contributed by atoms with van der Waals surface area (Å²) in [6, 6.07) is 14.7. The fraction of sp³-hybridized carbons (Fsp3) is 0.227. The van der Waals surface area contributed by atoms with Crippen molar-refractivity contribution in [2.45, 2.75) is 19.8 Å². The lowest BCUT2D eigenvalue weighted by molar-refractivity contribution is -0.384. The fourth-order valence-electron chi connectivity index (χ4n) is 3.42. The second-order valence-corrected chi connectivity index (χ2v) is 7.35. The summed E-state index contributed by atoms with van der Waals surface area (Å²) in [7, 11) is 0. The third-order valence-electron chi connectivity index (χ3n) is 4.97. The van der Waals surface area contributed by atoms with Gasteiger partial charge in [0.1, 0.15) is 5.82 Å². The highest BCUT2D eigenvalue weighted by Crippen LogP contribution is 2.23. The molecule has 1 aliphatic heterocycles. The third-order valence-corrected chi connectivity index (χ3v) is 4.97. The van der Waals surface area contributed by atoms with Crippen molar-refractivity contribution in [3.05, 3.63) is 76.0 Å². The van der Waals surface area contributed by atoms with Crippen LogP contribution in [0.15, 0.2) is 54.6 Å². The Labute approximate surface area is 179 Å². The summed E-state index contributed by atoms with van der Waals surface area (Å²) in [4.78, 5) is 34.1. The highest BCUT2D eigenvalue weighted by Gasteiger charge is 2.16. The molecule has 1 aromatic heterocycles. The molecule has 0 bridgehead atoms. The van der Waals surface area contributed by atoms with Gasteiger partial charge in [0.25, 0.3) is 11.6 Å². The zero-order valence-corrected chi connectivity index (χ0v) is 17.0. The van der Waals surface area contributed by atoms with Crippen molar-refractivity contribution in [2.75, 3.05) is 28.6 Å². The molecule has 2 aromatic carbocycles. The van der Waals surface area contributed by atoms with Gasteiger partial charge < -0.3 is 15.5 Å². The lowest BCUT2D eigenvalue weighted by Gasteiger charge is -2.17. The van der Waals surface area contributed by atoms with E-state index in [4.69, 9.17) is 0 Å². The summed E-state index contributed by atoms with van der Waals surface area (Å²) in [6.45, 7) is 3.89. The number of carbonyl (C=O) groups is 1. The Bertz CT molecular complexity index is 1110. The van der Waals surface area contributed by atoms with E-state index in [0.717, 1.165) is 43.3 Å². The van der Waals surface area contributed by atoms with E-state index in [2.05, 4.69) is 25.5 Å². The van der Waals surface area contributed by atoms with E-state index < -0.39 is 10.8 Å². The van der Waals surface area contributed by atoms with Gasteiger partial charge in [-0.05, 0) is 50.1 Å². The normalized spacial score (nSPS) is 13.1. The number of nitro benzene ring substituents is 1. The van der Waals surface area contributed by atoms with Crippen LogP contribution in [0.4, 0.5) is 28.8 Å². The summed E-state index contributed by atoms with van der Waals surface area (Å²) in [5, 5.41) is 16.9. The molecule has 31 heavy (non-hydrogen) atoms. The molecular formula is C22H22N6O3. The van der Waals surface area contributed by atoms with Crippen molar-refractivity contribution in [2.24, 2.45) is 0 Å². The Morgan fingerprint density at radius 3 is 2.45 bits per heavy atom. The van der Waals surface area contributed by atoms with Crippen LogP contribution in [0.25, 0.3) is 0 Å². The van der Waals surface area contributed by atoms with Crippen molar-refractivity contribution in [3.8, 4) is 0 Å². The standard InChI is InChI=1S/C22H22N6O3/c1-15-13-20(26-22(23-15)27-11-2-3-12-27)24-17-7-9-18(10-8-17)25-21(29)16-5-4-6-19(14-16)28(30)31/h4-10,13-14H,2-3,11-12H2,1H3,(H,25,29)(H,23,24,26). The molecule has 1 fully saturated rings. The summed E-state index contributed by atoms with van der Waals surface area (Å²) < 4.78 is 0. The number of hydrogen-bond donors (Lipinski definition) is 2. The number of non-ortho nitro benzene ring substituents is 1. The molecule has 9 nitrogen and oxygen atoms in total. The van der Waals surface area contributed by atoms with E-state index >= 15 is 0 Å². The molecule has 4 rings (SSSR count). The molecule has 1 saturated heterocycles. The van der Waals surface area contributed by atoms with Crippen LogP contribution >= 0.6 is 0 Å². The summed E-state index contributed by atoms with van der Waals surface area (Å²) >= 11 is 0. The molecule has 3 aromatic rings. The van der Waals surface area contributed by atoms with Crippen molar-refractivity contribution in [1.29, 1.82) is 0 Å². The predicted molar refractivity (Wildman–Crippen MR) is 119 cm³/mol. The largest absolute Gasteiger partial charge is 0.341 e. The second kappa shape index (κ2) is 8.78. The number of anilines is 4. The summed E-state index contributed by atoms with van der Waals surface area (Å²) in [6.07, 6.45) is 2.31. The Morgan fingerprint density at radius 2 is 1.74 bits per heavy atom. The van der Waals surface area contributed by atoms with Gasteiger partial charge in [-0.25, -0.2) is 4.98 Å². The first kappa shape index (κ1) is 20.3. The van der Waals surface area contributed by atoms with E-state index in [1.54, 1.807) is 12.1 Å². The maximum atomic E-state index is 12.4. The minimum absolute atomic E-state index is 0.124. The fourth-order valence-corrected chi connectivity index (χ4v) is 3.42. The minimum Gasteiger partial charge on any atom is -0.341 e. The number of benzene rings is 2. The van der Waals surface area contributed by atoms with Crippen LogP contribution in [0, 0.1) is 17.0 Å². The lowest BCUT2D eigenvalue weighted by atomic mass is 10.2. The van der Waals surface area contributed by atoms with Gasteiger partial charge in [0.15, 0.2) is 0 Å². The molecule has 0 aliphatic carbocycles. The third kappa shape index (κ3) is 4.95. The SMILES string of the molecule is Cc1cc(Nc2ccc(NC(=O)c3cccc([N+](=O)[O-])c3)cc2)nc(N2CCCC2)n1. The molecular weight excluding hydrogens is 396 g/mol. The monoisotopic (exact) mass is 418 g/mol. The number of rotatable bonds is 6. The zero-order valence-electron chi connectivity index (χ0n) is 17.0. The molecule has 0 unspecified atom stereocenters. The Kier molecular flexibility index (Phi) is 5.74. The van der Waals surface area contributed by atoms with E-state index in [1.165, 1.54) is 24.3 Å². The number of nitrogens with zero attached hydrogens (tertiary/aromatic N) is 4. The first-order valence-electron chi connectivity index (χ1n) is 10.0. The van der Waals surface area contributed by atoms with Crippen LogP contribution in [-0.4, -0.2) is 33.9 Å². The Morgan fingerprint density at radius 1 is 1.03 bits per heavy atom. The molecule has 0 saturated carbocycles. The topological polar surface area (TPSA) is 113 Å². The van der Waals surface area contributed by atoms with E-state index in [0.29, 0.717) is 11.5 Å². The number of aryl methyl sites for hydroxylation is 1. The van der Waals surface area contributed by atoms with Crippen molar-refractivity contribution >= 4 is 34.7 Å². The van der Waals surface area contributed by atoms with Crippen molar-refractivity contribution in [1.82, 2.24) is 9.97 Å². The lowest BCUT2D eigenvalue weighted by Crippen LogP contribution is -2.21. The van der Waals surface area contributed by atoms with Gasteiger partial charge in [0, 0.05) is 53.9 Å². The molecule has 158 valence electrons. The van der Waals surface area contributed by atoms with Gasteiger partial charge >= 0.3 is 0 Å². The number of nitrogens with one attached hydrogen (secondary N) is 2. The van der Waals surface area contributed by atoms with Gasteiger partial charge in [0.2, 0.25) is 5.95 Å². The zero-order chi connectivity index (χ0) is 21.8. The van der Waals surface area contributed by atoms with Crippen LogP contribution in [0.3, 0.4) is 0 Å². The highest BCUT2D eigenvalue weighted by molar-refractivity contribution is 6.04. The molecule has 0 atom stereocenters. The van der Waals surface area contributed by atoms with Gasteiger partial charge in [-0.3, -0.25) is 14.9 Å². The molecule has 1 aliphatic rings. The average Bonchev–Trinajstić information content (AvgIpc) is 3.30. The number of hydrogen-bond acceptors (Lipinski definition) is 7. The van der Waals surface area contributed by atoms with Crippen LogP contribution < -0.4 is 15.5 Å². The molecule has 9 heteroatoms. The smallest absolute Gasteiger partial charge is 0.270 e. The average molecular weight is 418 g/mol. The minimum atomic E-state index is -0.527.